The van der Waals surface area contributed by atoms with Crippen molar-refractivity contribution in [3.8, 4) is 0 Å². The van der Waals surface area contributed by atoms with E-state index < -0.39 is 56.6 Å². The molecule has 23 heavy (non-hydrogen) atoms. The van der Waals surface area contributed by atoms with Crippen molar-refractivity contribution in [1.29, 1.82) is 0 Å². The van der Waals surface area contributed by atoms with E-state index in [1.54, 1.807) is 0 Å². The molecule has 1 unspecified atom stereocenters. The summed E-state index contributed by atoms with van der Waals surface area (Å²) in [5, 5.41) is 8.84. The number of carboxylic acid groups (broad SMARTS) is 1. The summed E-state index contributed by atoms with van der Waals surface area (Å²) in [7, 11) is -4.50. The Bertz CT molecular complexity index is 834. The van der Waals surface area contributed by atoms with Gasteiger partial charge in [-0.25, -0.2) is 31.1 Å². The van der Waals surface area contributed by atoms with Crippen LogP contribution in [-0.4, -0.2) is 26.2 Å². The van der Waals surface area contributed by atoms with Crippen LogP contribution in [0.3, 0.4) is 0 Å². The maximum Gasteiger partial charge on any atom is 0.373 e. The normalized spacial score (nSPS) is 13.0. The summed E-state index contributed by atoms with van der Waals surface area (Å²) in [4.78, 5) is 10.2. The Labute approximate surface area is 128 Å². The van der Waals surface area contributed by atoms with Gasteiger partial charge in [-0.15, -0.1) is 0 Å². The Kier molecular flexibility index (Phi) is 4.76. The summed E-state index contributed by atoms with van der Waals surface area (Å²) in [5.74, 6) is -4.55. The zero-order valence-electron chi connectivity index (χ0n) is 11.3. The second kappa shape index (κ2) is 6.42. The lowest BCUT2D eigenvalue weighted by molar-refractivity contribution is 0.0656. The molecule has 0 aliphatic carbocycles. The second-order valence-corrected chi connectivity index (χ2v) is 6.10. The summed E-state index contributed by atoms with van der Waals surface area (Å²) >= 11 is 0. The quantitative estimate of drug-likeness (QED) is 0.834. The van der Waals surface area contributed by atoms with Crippen LogP contribution in [-0.2, 0) is 10.0 Å². The van der Waals surface area contributed by atoms with Crippen LogP contribution >= 0.6 is 0 Å². The van der Waals surface area contributed by atoms with Crippen molar-refractivity contribution in [2.45, 2.75) is 10.9 Å². The molecule has 0 saturated heterocycles. The van der Waals surface area contributed by atoms with E-state index in [9.17, 15) is 26.4 Å². The fourth-order valence-electron chi connectivity index (χ4n) is 1.88. The molecule has 10 heteroatoms. The van der Waals surface area contributed by atoms with E-state index in [1.165, 1.54) is 0 Å². The number of furan rings is 1. The molecular weight excluding hydrogens is 339 g/mol. The van der Waals surface area contributed by atoms with Gasteiger partial charge >= 0.3 is 5.97 Å². The van der Waals surface area contributed by atoms with E-state index in [4.69, 9.17) is 5.11 Å². The van der Waals surface area contributed by atoms with Gasteiger partial charge in [0.2, 0.25) is 15.8 Å². The van der Waals surface area contributed by atoms with Crippen molar-refractivity contribution in [3.63, 3.8) is 0 Å². The third kappa shape index (κ3) is 3.54. The first-order valence-corrected chi connectivity index (χ1v) is 7.58. The van der Waals surface area contributed by atoms with Crippen molar-refractivity contribution < 1.29 is 35.9 Å². The van der Waals surface area contributed by atoms with E-state index in [2.05, 4.69) is 4.42 Å². The van der Waals surface area contributed by atoms with Crippen LogP contribution in [0.15, 0.2) is 39.8 Å². The van der Waals surface area contributed by atoms with Gasteiger partial charge in [-0.3, -0.25) is 0 Å². The SMILES string of the molecule is O=C(O)c1occc1S(=O)(=O)NC(CF)c1ccc(F)cc1F. The van der Waals surface area contributed by atoms with E-state index in [0.29, 0.717) is 6.07 Å². The van der Waals surface area contributed by atoms with Gasteiger partial charge in [0.25, 0.3) is 0 Å². The molecule has 1 aromatic heterocycles. The zero-order chi connectivity index (χ0) is 17.2. The lowest BCUT2D eigenvalue weighted by Crippen LogP contribution is -2.31. The minimum Gasteiger partial charge on any atom is -0.475 e. The highest BCUT2D eigenvalue weighted by atomic mass is 32.2. The number of benzene rings is 1. The molecule has 0 saturated carbocycles. The summed E-state index contributed by atoms with van der Waals surface area (Å²) in [6, 6.07) is 1.42. The van der Waals surface area contributed by atoms with Crippen LogP contribution in [0.25, 0.3) is 0 Å². The molecule has 0 amide bonds. The molecule has 6 nitrogen and oxygen atoms in total. The summed E-state index contributed by atoms with van der Waals surface area (Å²) < 4.78 is 70.3. The molecule has 124 valence electrons. The van der Waals surface area contributed by atoms with E-state index in [-0.39, 0.29) is 0 Å². The summed E-state index contributed by atoms with van der Waals surface area (Å²) in [6.45, 7) is -1.33. The highest BCUT2D eigenvalue weighted by Gasteiger charge is 2.29. The second-order valence-electron chi connectivity index (χ2n) is 4.41. The topological polar surface area (TPSA) is 96.6 Å². The van der Waals surface area contributed by atoms with Gasteiger partial charge in [-0.05, 0) is 12.1 Å². The Balaban J connectivity index is 2.37. The molecule has 0 bridgehead atoms. The lowest BCUT2D eigenvalue weighted by Gasteiger charge is -2.16. The third-order valence-corrected chi connectivity index (χ3v) is 4.40. The van der Waals surface area contributed by atoms with Crippen molar-refractivity contribution in [2.75, 3.05) is 6.67 Å². The van der Waals surface area contributed by atoms with Crippen LogP contribution in [0.5, 0.6) is 0 Å². The molecule has 0 fully saturated rings. The van der Waals surface area contributed by atoms with Gasteiger partial charge in [-0.1, -0.05) is 6.07 Å². The molecule has 0 radical (unpaired) electrons. The Morgan fingerprint density at radius 2 is 2.00 bits per heavy atom. The van der Waals surface area contributed by atoms with Gasteiger partial charge in [-0.2, -0.15) is 0 Å². The first-order valence-electron chi connectivity index (χ1n) is 6.10. The van der Waals surface area contributed by atoms with Crippen LogP contribution in [0.2, 0.25) is 0 Å². The number of alkyl halides is 1. The van der Waals surface area contributed by atoms with E-state index in [0.717, 1.165) is 24.5 Å². The smallest absolute Gasteiger partial charge is 0.373 e. The predicted octanol–water partition coefficient (Wildman–Crippen LogP) is 2.25. The minimum absolute atomic E-state index is 0.419. The van der Waals surface area contributed by atoms with Crippen molar-refractivity contribution in [3.05, 3.63) is 53.5 Å². The standard InChI is InChI=1S/C13H10F3NO5S/c14-6-10(8-2-1-7(15)5-9(8)16)17-23(20,21)11-3-4-22-12(11)13(18)19/h1-5,10,17H,6H2,(H,18,19). The molecule has 1 atom stereocenters. The molecule has 0 aliphatic heterocycles. The number of sulfonamides is 1. The number of rotatable bonds is 6. The monoisotopic (exact) mass is 349 g/mol. The van der Waals surface area contributed by atoms with Crippen LogP contribution in [0.4, 0.5) is 13.2 Å². The molecular formula is C13H10F3NO5S. The first-order chi connectivity index (χ1) is 10.8. The van der Waals surface area contributed by atoms with Gasteiger partial charge in [0.1, 0.15) is 23.2 Å². The Morgan fingerprint density at radius 1 is 1.30 bits per heavy atom. The molecule has 2 aromatic rings. The highest BCUT2D eigenvalue weighted by Crippen LogP contribution is 2.23. The number of aromatic carboxylic acids is 1. The van der Waals surface area contributed by atoms with Gasteiger partial charge in [0, 0.05) is 11.6 Å². The predicted molar refractivity (Wildman–Crippen MR) is 71.1 cm³/mol. The van der Waals surface area contributed by atoms with E-state index in [1.807, 2.05) is 4.72 Å². The van der Waals surface area contributed by atoms with Gasteiger partial charge < -0.3 is 9.52 Å². The fourth-order valence-corrected chi connectivity index (χ4v) is 3.18. The molecule has 0 aliphatic rings. The molecule has 2 rings (SSSR count). The largest absolute Gasteiger partial charge is 0.475 e. The van der Waals surface area contributed by atoms with Crippen LogP contribution in [0.1, 0.15) is 22.2 Å². The van der Waals surface area contributed by atoms with Gasteiger partial charge in [0.05, 0.1) is 12.3 Å². The maximum atomic E-state index is 13.7. The van der Waals surface area contributed by atoms with Crippen LogP contribution < -0.4 is 4.72 Å². The molecule has 0 spiro atoms. The number of hydrogen-bond donors (Lipinski definition) is 2. The Hall–Kier alpha value is -2.33. The van der Waals surface area contributed by atoms with Crippen LogP contribution in [0, 0.1) is 11.6 Å². The van der Waals surface area contributed by atoms with Gasteiger partial charge in [0.15, 0.2) is 0 Å². The fraction of sp³-hybridized carbons (Fsp3) is 0.154. The molecule has 2 N–H and O–H groups in total. The number of nitrogens with one attached hydrogen (secondary N) is 1. The zero-order valence-corrected chi connectivity index (χ0v) is 12.1. The van der Waals surface area contributed by atoms with Crippen molar-refractivity contribution in [2.24, 2.45) is 0 Å². The molecule has 1 aromatic carbocycles. The Morgan fingerprint density at radius 3 is 2.57 bits per heavy atom. The number of carbonyl (C=O) groups is 1. The molecule has 1 heterocycles. The third-order valence-electron chi connectivity index (χ3n) is 2.90. The summed E-state index contributed by atoms with van der Waals surface area (Å²) in [5.41, 5.74) is -0.419. The van der Waals surface area contributed by atoms with Crippen molar-refractivity contribution in [1.82, 2.24) is 4.72 Å². The highest BCUT2D eigenvalue weighted by molar-refractivity contribution is 7.89. The first kappa shape index (κ1) is 17.0. The number of hydrogen-bond acceptors (Lipinski definition) is 4. The lowest BCUT2D eigenvalue weighted by atomic mass is 10.1. The maximum absolute atomic E-state index is 13.7. The number of halogens is 3. The minimum atomic E-state index is -4.50. The average Bonchev–Trinajstić information content (AvgIpc) is 2.96. The summed E-state index contributed by atoms with van der Waals surface area (Å²) in [6.07, 6.45) is 0.834. The van der Waals surface area contributed by atoms with Crippen molar-refractivity contribution >= 4 is 16.0 Å². The number of carboxylic acids is 1. The average molecular weight is 349 g/mol. The van der Waals surface area contributed by atoms with E-state index >= 15 is 0 Å².